The Kier molecular flexibility index (Phi) is 2.68. The Morgan fingerprint density at radius 2 is 2.15 bits per heavy atom. The van der Waals surface area contributed by atoms with Crippen molar-refractivity contribution in [3.63, 3.8) is 0 Å². The van der Waals surface area contributed by atoms with Gasteiger partial charge in [0.25, 0.3) is 0 Å². The molecule has 4 N–H and O–H groups in total. The molecule has 1 radical (unpaired) electrons. The molecule has 1 aromatic rings. The molecule has 0 heterocycles. The van der Waals surface area contributed by atoms with Crippen LogP contribution in [0.4, 0.5) is 5.69 Å². The van der Waals surface area contributed by atoms with Gasteiger partial charge in [-0.2, -0.15) is 0 Å². The Morgan fingerprint density at radius 1 is 1.54 bits per heavy atom. The number of carbonyl (C=O) groups is 1. The highest BCUT2D eigenvalue weighted by atomic mass is 16.1. The Balaban J connectivity index is 3.15. The Hall–Kier alpha value is -1.35. The highest BCUT2D eigenvalue weighted by molar-refractivity contribution is 6.02. The molecule has 3 nitrogen and oxygen atoms in total. The van der Waals surface area contributed by atoms with E-state index >= 15 is 0 Å². The molecule has 0 fully saturated rings. The molecule has 0 aliphatic carbocycles. The maximum atomic E-state index is 11.5. The number of Topliss-reactive ketones (excluding diaryl/α,β-unsaturated/α-hetero) is 1. The van der Waals surface area contributed by atoms with E-state index in [1.54, 1.807) is 25.1 Å². The molecule has 0 aromatic heterocycles. The van der Waals surface area contributed by atoms with Crippen molar-refractivity contribution in [1.82, 2.24) is 0 Å². The molecule has 0 bridgehead atoms. The third-order valence-corrected chi connectivity index (χ3v) is 1.89. The molecule has 0 unspecified atom stereocenters. The Morgan fingerprint density at radius 3 is 2.69 bits per heavy atom. The topological polar surface area (TPSA) is 69.1 Å². The van der Waals surface area contributed by atoms with E-state index in [9.17, 15) is 4.79 Å². The van der Waals surface area contributed by atoms with Crippen molar-refractivity contribution in [1.29, 1.82) is 0 Å². The number of hydrogen-bond acceptors (Lipinski definition) is 3. The van der Waals surface area contributed by atoms with Crippen LogP contribution in [0.2, 0.25) is 0 Å². The number of benzene rings is 1. The molecule has 13 heavy (non-hydrogen) atoms. The Labute approximate surface area is 77.7 Å². The van der Waals surface area contributed by atoms with Gasteiger partial charge in [0, 0.05) is 11.3 Å². The predicted octanol–water partition coefficient (Wildman–Crippen LogP) is 0.981. The molecule has 0 saturated carbocycles. The maximum absolute atomic E-state index is 11.5. The van der Waals surface area contributed by atoms with E-state index in [-0.39, 0.29) is 5.78 Å². The summed E-state index contributed by atoms with van der Waals surface area (Å²) >= 11 is 0. The number of nitrogen functional groups attached to an aromatic ring is 1. The summed E-state index contributed by atoms with van der Waals surface area (Å²) in [6.07, 6.45) is 0. The summed E-state index contributed by atoms with van der Waals surface area (Å²) in [4.78, 5) is 11.5. The molecule has 1 atom stereocenters. The van der Waals surface area contributed by atoms with Crippen LogP contribution in [0.15, 0.2) is 18.2 Å². The molecule has 0 aliphatic heterocycles. The van der Waals surface area contributed by atoms with Crippen LogP contribution in [0.25, 0.3) is 0 Å². The fraction of sp³-hybridized carbons (Fsp3) is 0.200. The first-order valence-electron chi connectivity index (χ1n) is 4.04. The summed E-state index contributed by atoms with van der Waals surface area (Å²) < 4.78 is 0. The van der Waals surface area contributed by atoms with Crippen LogP contribution in [-0.4, -0.2) is 11.8 Å². The van der Waals surface area contributed by atoms with Crippen molar-refractivity contribution >= 4 is 11.5 Å². The van der Waals surface area contributed by atoms with Gasteiger partial charge in [-0.1, -0.05) is 12.1 Å². The SMILES string of the molecule is [CH2]c1c(N)cccc1C(=O)[C@H](C)N. The summed E-state index contributed by atoms with van der Waals surface area (Å²) in [5.74, 6) is -0.127. The molecule has 69 valence electrons. The van der Waals surface area contributed by atoms with E-state index in [2.05, 4.69) is 6.92 Å². The predicted molar refractivity (Wildman–Crippen MR) is 53.3 cm³/mol. The fourth-order valence-corrected chi connectivity index (χ4v) is 1.08. The zero-order chi connectivity index (χ0) is 10.0. The zero-order valence-electron chi connectivity index (χ0n) is 7.58. The van der Waals surface area contributed by atoms with Gasteiger partial charge in [-0.3, -0.25) is 4.79 Å². The van der Waals surface area contributed by atoms with Gasteiger partial charge in [0.2, 0.25) is 0 Å². The largest absolute Gasteiger partial charge is 0.398 e. The second-order valence-electron chi connectivity index (χ2n) is 3.03. The molecular weight excluding hydrogens is 164 g/mol. The zero-order valence-corrected chi connectivity index (χ0v) is 7.58. The van der Waals surface area contributed by atoms with Crippen LogP contribution in [-0.2, 0) is 0 Å². The summed E-state index contributed by atoms with van der Waals surface area (Å²) in [5, 5.41) is 0. The van der Waals surface area contributed by atoms with Crippen molar-refractivity contribution in [3.8, 4) is 0 Å². The normalized spacial score (nSPS) is 12.5. The van der Waals surface area contributed by atoms with Crippen LogP contribution < -0.4 is 11.5 Å². The number of carbonyl (C=O) groups excluding carboxylic acids is 1. The van der Waals surface area contributed by atoms with Gasteiger partial charge in [0.05, 0.1) is 6.04 Å². The van der Waals surface area contributed by atoms with E-state index in [4.69, 9.17) is 11.5 Å². The van der Waals surface area contributed by atoms with Gasteiger partial charge in [-0.05, 0) is 25.5 Å². The minimum absolute atomic E-state index is 0.127. The van der Waals surface area contributed by atoms with E-state index < -0.39 is 6.04 Å². The van der Waals surface area contributed by atoms with Crippen molar-refractivity contribution in [2.45, 2.75) is 13.0 Å². The quantitative estimate of drug-likeness (QED) is 0.522. The van der Waals surface area contributed by atoms with Crippen LogP contribution in [0.5, 0.6) is 0 Å². The smallest absolute Gasteiger partial charge is 0.179 e. The van der Waals surface area contributed by atoms with Crippen LogP contribution in [0.3, 0.4) is 0 Å². The van der Waals surface area contributed by atoms with Gasteiger partial charge < -0.3 is 11.5 Å². The van der Waals surface area contributed by atoms with Gasteiger partial charge in [0.15, 0.2) is 5.78 Å². The summed E-state index contributed by atoms with van der Waals surface area (Å²) in [5.41, 5.74) is 12.7. The molecular formula is C10H13N2O. The lowest BCUT2D eigenvalue weighted by Gasteiger charge is -2.08. The molecule has 1 rings (SSSR count). The third kappa shape index (κ3) is 1.87. The second kappa shape index (κ2) is 3.58. The number of ketones is 1. The molecule has 0 saturated heterocycles. The van der Waals surface area contributed by atoms with Crippen LogP contribution in [0.1, 0.15) is 22.8 Å². The monoisotopic (exact) mass is 177 g/mol. The van der Waals surface area contributed by atoms with E-state index in [1.807, 2.05) is 0 Å². The minimum atomic E-state index is -0.512. The highest BCUT2D eigenvalue weighted by Gasteiger charge is 2.13. The lowest BCUT2D eigenvalue weighted by atomic mass is 10.00. The highest BCUT2D eigenvalue weighted by Crippen LogP contribution is 2.16. The third-order valence-electron chi connectivity index (χ3n) is 1.89. The summed E-state index contributed by atoms with van der Waals surface area (Å²) in [6, 6.07) is 4.60. The van der Waals surface area contributed by atoms with Crippen molar-refractivity contribution < 1.29 is 4.79 Å². The molecule has 0 spiro atoms. The average molecular weight is 177 g/mol. The number of nitrogens with two attached hydrogens (primary N) is 2. The Bertz CT molecular complexity index is 332. The van der Waals surface area contributed by atoms with Gasteiger partial charge in [0.1, 0.15) is 0 Å². The molecule has 0 aliphatic rings. The van der Waals surface area contributed by atoms with E-state index in [0.717, 1.165) is 0 Å². The van der Waals surface area contributed by atoms with Crippen molar-refractivity contribution in [2.75, 3.05) is 5.73 Å². The molecule has 1 aromatic carbocycles. The number of hydrogen-bond donors (Lipinski definition) is 2. The number of anilines is 1. The minimum Gasteiger partial charge on any atom is -0.398 e. The first kappa shape index (κ1) is 9.74. The van der Waals surface area contributed by atoms with Crippen molar-refractivity contribution in [3.05, 3.63) is 36.2 Å². The van der Waals surface area contributed by atoms with Crippen molar-refractivity contribution in [2.24, 2.45) is 5.73 Å². The summed E-state index contributed by atoms with van der Waals surface area (Å²) in [7, 11) is 0. The standard InChI is InChI=1S/C10H13N2O/c1-6-8(10(13)7(2)11)4-3-5-9(6)12/h3-5,7H,1,11-12H2,2H3/t7-/m0/s1. The van der Waals surface area contributed by atoms with Gasteiger partial charge >= 0.3 is 0 Å². The van der Waals surface area contributed by atoms with Crippen LogP contribution in [0, 0.1) is 6.92 Å². The van der Waals surface area contributed by atoms with Gasteiger partial charge in [-0.25, -0.2) is 0 Å². The van der Waals surface area contributed by atoms with Crippen LogP contribution >= 0.6 is 0 Å². The van der Waals surface area contributed by atoms with Gasteiger partial charge in [-0.15, -0.1) is 0 Å². The van der Waals surface area contributed by atoms with E-state index in [0.29, 0.717) is 16.8 Å². The lowest BCUT2D eigenvalue weighted by Crippen LogP contribution is -2.27. The molecule has 3 heteroatoms. The maximum Gasteiger partial charge on any atom is 0.179 e. The van der Waals surface area contributed by atoms with E-state index in [1.165, 1.54) is 0 Å². The lowest BCUT2D eigenvalue weighted by molar-refractivity contribution is 0.0967. The second-order valence-corrected chi connectivity index (χ2v) is 3.03. The first-order valence-corrected chi connectivity index (χ1v) is 4.04. The average Bonchev–Trinajstić information content (AvgIpc) is 2.08. The summed E-state index contributed by atoms with van der Waals surface area (Å²) in [6.45, 7) is 5.37. The molecule has 0 amide bonds. The fourth-order valence-electron chi connectivity index (χ4n) is 1.08. The first-order chi connectivity index (χ1) is 6.04. The number of rotatable bonds is 2.